The lowest BCUT2D eigenvalue weighted by atomic mass is 10.0. The fraction of sp³-hybridized carbons (Fsp3) is 0.0952. The van der Waals surface area contributed by atoms with Crippen molar-refractivity contribution < 1.29 is 9.18 Å². The molecular weight excluding hydrogens is 375 g/mol. The maximum absolute atomic E-state index is 13.3. The maximum Gasteiger partial charge on any atom is 0.347 e. The molecule has 0 aliphatic heterocycles. The molecule has 8 heteroatoms. The molecule has 0 aliphatic rings. The minimum Gasteiger partial charge on any atom is -0.354 e. The molecule has 0 fully saturated rings. The van der Waals surface area contributed by atoms with Gasteiger partial charge >= 0.3 is 5.69 Å². The lowest BCUT2D eigenvalue weighted by Gasteiger charge is -2.08. The summed E-state index contributed by atoms with van der Waals surface area (Å²) in [6, 6.07) is 15.0. The average molecular weight is 392 g/mol. The van der Waals surface area contributed by atoms with Crippen LogP contribution >= 0.6 is 0 Å². The molecule has 29 heavy (non-hydrogen) atoms. The quantitative estimate of drug-likeness (QED) is 0.487. The summed E-state index contributed by atoms with van der Waals surface area (Å²) < 4.78 is 14.2. The number of fused-ring (bicyclic) bond motifs is 1. The molecule has 1 amide bonds. The summed E-state index contributed by atoms with van der Waals surface area (Å²) in [7, 11) is 0. The Morgan fingerprint density at radius 1 is 1.00 bits per heavy atom. The van der Waals surface area contributed by atoms with Gasteiger partial charge in [0.05, 0.1) is 0 Å². The minimum atomic E-state index is -0.718. The number of H-pyrrole nitrogens is 2. The number of hydrogen-bond acceptors (Lipinski definition) is 3. The summed E-state index contributed by atoms with van der Waals surface area (Å²) in [6.07, 6.45) is 1.72. The van der Waals surface area contributed by atoms with Crippen LogP contribution in [0, 0.1) is 5.82 Å². The predicted octanol–water partition coefficient (Wildman–Crippen LogP) is 2.53. The molecule has 0 radical (unpaired) electrons. The van der Waals surface area contributed by atoms with Gasteiger partial charge in [-0.05, 0) is 47.9 Å². The van der Waals surface area contributed by atoms with E-state index < -0.39 is 11.2 Å². The van der Waals surface area contributed by atoms with Crippen molar-refractivity contribution in [2.75, 3.05) is 5.43 Å². The average Bonchev–Trinajstić information content (AvgIpc) is 3.08. The molecule has 0 spiro atoms. The zero-order chi connectivity index (χ0) is 20.4. The van der Waals surface area contributed by atoms with Gasteiger partial charge in [-0.1, -0.05) is 18.2 Å². The highest BCUT2D eigenvalue weighted by atomic mass is 19.1. The molecule has 7 nitrogen and oxygen atoms in total. The van der Waals surface area contributed by atoms with E-state index in [-0.39, 0.29) is 18.1 Å². The van der Waals surface area contributed by atoms with Crippen molar-refractivity contribution in [1.82, 2.24) is 14.6 Å². The number of carbonyl (C=O) groups is 1. The number of para-hydroxylation sites is 1. The second-order valence-electron chi connectivity index (χ2n) is 6.55. The van der Waals surface area contributed by atoms with Gasteiger partial charge in [0.2, 0.25) is 5.91 Å². The Hall–Kier alpha value is -3.94. The molecule has 0 atom stereocenters. The molecule has 3 N–H and O–H groups in total. The largest absolute Gasteiger partial charge is 0.354 e. The number of benzene rings is 2. The standard InChI is InChI=1S/C21H17FN4O3/c22-14-7-5-13(6-8-14)20-16(15-3-1-2-4-17(15)23-20)9-10-19(28)25-26-12-11-18(27)24-21(26)29/h1-8,11-12,23H,9-10H2,(H,25,28)(H,24,27,29). The van der Waals surface area contributed by atoms with E-state index in [2.05, 4.69) is 15.4 Å². The first-order valence-corrected chi connectivity index (χ1v) is 8.98. The van der Waals surface area contributed by atoms with Gasteiger partial charge in [-0.2, -0.15) is 0 Å². The third-order valence-corrected chi connectivity index (χ3v) is 4.62. The van der Waals surface area contributed by atoms with Crippen LogP contribution in [0.4, 0.5) is 4.39 Å². The molecule has 2 aromatic heterocycles. The molecule has 0 unspecified atom stereocenters. The van der Waals surface area contributed by atoms with Gasteiger partial charge in [-0.15, -0.1) is 0 Å². The van der Waals surface area contributed by atoms with Gasteiger partial charge in [0, 0.05) is 35.3 Å². The van der Waals surface area contributed by atoms with Gasteiger partial charge in [0.1, 0.15) is 5.82 Å². The van der Waals surface area contributed by atoms with E-state index in [1.807, 2.05) is 24.3 Å². The first-order chi connectivity index (χ1) is 14.0. The Morgan fingerprint density at radius 2 is 1.76 bits per heavy atom. The van der Waals surface area contributed by atoms with Gasteiger partial charge in [0.15, 0.2) is 0 Å². The predicted molar refractivity (Wildman–Crippen MR) is 108 cm³/mol. The second-order valence-corrected chi connectivity index (χ2v) is 6.55. The number of halogens is 1. The van der Waals surface area contributed by atoms with E-state index in [1.54, 1.807) is 12.1 Å². The normalized spacial score (nSPS) is 10.9. The van der Waals surface area contributed by atoms with Crippen LogP contribution in [-0.4, -0.2) is 20.6 Å². The first-order valence-electron chi connectivity index (χ1n) is 8.98. The SMILES string of the molecule is O=C(CCc1c(-c2ccc(F)cc2)[nH]c2ccccc12)Nn1ccc(=O)[nH]c1=O. The summed E-state index contributed by atoms with van der Waals surface area (Å²) in [6.45, 7) is 0. The molecule has 0 aliphatic carbocycles. The van der Waals surface area contributed by atoms with Crippen LogP contribution in [0.1, 0.15) is 12.0 Å². The van der Waals surface area contributed by atoms with Crippen molar-refractivity contribution in [3.63, 3.8) is 0 Å². The van der Waals surface area contributed by atoms with E-state index in [1.165, 1.54) is 18.3 Å². The lowest BCUT2D eigenvalue weighted by Crippen LogP contribution is -2.37. The van der Waals surface area contributed by atoms with E-state index in [0.29, 0.717) is 6.42 Å². The number of nitrogens with one attached hydrogen (secondary N) is 3. The van der Waals surface area contributed by atoms with Gasteiger partial charge in [0.25, 0.3) is 5.56 Å². The third kappa shape index (κ3) is 3.86. The fourth-order valence-corrected chi connectivity index (χ4v) is 3.26. The highest BCUT2D eigenvalue weighted by Crippen LogP contribution is 2.31. The van der Waals surface area contributed by atoms with Crippen LogP contribution in [0.15, 0.2) is 70.4 Å². The third-order valence-electron chi connectivity index (χ3n) is 4.62. The number of aromatic amines is 2. The van der Waals surface area contributed by atoms with E-state index in [9.17, 15) is 18.8 Å². The topological polar surface area (TPSA) is 99.8 Å². The molecule has 2 heterocycles. The number of aromatic nitrogens is 3. The number of hydrogen-bond donors (Lipinski definition) is 3. The molecule has 4 aromatic rings. The number of amides is 1. The summed E-state index contributed by atoms with van der Waals surface area (Å²) in [4.78, 5) is 40.6. The fourth-order valence-electron chi connectivity index (χ4n) is 3.26. The Labute approximate surface area is 163 Å². The van der Waals surface area contributed by atoms with Crippen LogP contribution < -0.4 is 16.7 Å². The Bertz CT molecular complexity index is 1300. The van der Waals surface area contributed by atoms with Crippen molar-refractivity contribution in [3.8, 4) is 11.3 Å². The zero-order valence-electron chi connectivity index (χ0n) is 15.2. The molecule has 4 rings (SSSR count). The van der Waals surface area contributed by atoms with Crippen LogP contribution in [0.2, 0.25) is 0 Å². The van der Waals surface area contributed by atoms with Crippen molar-refractivity contribution in [1.29, 1.82) is 0 Å². The summed E-state index contributed by atoms with van der Waals surface area (Å²) in [5.74, 6) is -0.702. The smallest absolute Gasteiger partial charge is 0.347 e. The molecule has 146 valence electrons. The first kappa shape index (κ1) is 18.4. The summed E-state index contributed by atoms with van der Waals surface area (Å²) in [5.41, 5.74) is 4.67. The van der Waals surface area contributed by atoms with Crippen LogP contribution in [-0.2, 0) is 11.2 Å². The zero-order valence-corrected chi connectivity index (χ0v) is 15.2. The molecule has 0 saturated carbocycles. The maximum atomic E-state index is 13.3. The minimum absolute atomic E-state index is 0.113. The van der Waals surface area contributed by atoms with Gasteiger partial charge in [-0.3, -0.25) is 20.0 Å². The van der Waals surface area contributed by atoms with Crippen molar-refractivity contribution in [2.24, 2.45) is 0 Å². The molecule has 2 aromatic carbocycles. The number of nitrogens with zero attached hydrogens (tertiary/aromatic N) is 1. The summed E-state index contributed by atoms with van der Waals surface area (Å²) >= 11 is 0. The molecule has 0 bridgehead atoms. The van der Waals surface area contributed by atoms with Crippen LogP contribution in [0.3, 0.4) is 0 Å². The number of rotatable bonds is 5. The van der Waals surface area contributed by atoms with Crippen molar-refractivity contribution >= 4 is 16.8 Å². The molecular formula is C21H17FN4O3. The van der Waals surface area contributed by atoms with Gasteiger partial charge in [-0.25, -0.2) is 13.9 Å². The van der Waals surface area contributed by atoms with E-state index in [4.69, 9.17) is 0 Å². The molecule has 0 saturated heterocycles. The summed E-state index contributed by atoms with van der Waals surface area (Å²) in [5, 5.41) is 0.973. The second kappa shape index (κ2) is 7.59. The highest BCUT2D eigenvalue weighted by Gasteiger charge is 2.15. The number of carbonyl (C=O) groups excluding carboxylic acids is 1. The highest BCUT2D eigenvalue weighted by molar-refractivity contribution is 5.92. The van der Waals surface area contributed by atoms with Crippen molar-refractivity contribution in [3.05, 3.63) is 93.0 Å². The van der Waals surface area contributed by atoms with Crippen LogP contribution in [0.25, 0.3) is 22.2 Å². The lowest BCUT2D eigenvalue weighted by molar-refractivity contribution is -0.117. The Morgan fingerprint density at radius 3 is 2.52 bits per heavy atom. The van der Waals surface area contributed by atoms with Crippen molar-refractivity contribution in [2.45, 2.75) is 12.8 Å². The van der Waals surface area contributed by atoms with Crippen LogP contribution in [0.5, 0.6) is 0 Å². The monoisotopic (exact) mass is 392 g/mol. The Kier molecular flexibility index (Phi) is 4.82. The van der Waals surface area contributed by atoms with E-state index >= 15 is 0 Å². The van der Waals surface area contributed by atoms with Gasteiger partial charge < -0.3 is 4.98 Å². The van der Waals surface area contributed by atoms with E-state index in [0.717, 1.165) is 38.5 Å². The number of aryl methyl sites for hydroxylation is 1. The Balaban J connectivity index is 1.60.